The summed E-state index contributed by atoms with van der Waals surface area (Å²) < 4.78 is 0. The van der Waals surface area contributed by atoms with E-state index in [1.807, 2.05) is 48.5 Å². The van der Waals surface area contributed by atoms with Crippen LogP contribution in [0.3, 0.4) is 0 Å². The van der Waals surface area contributed by atoms with Crippen LogP contribution in [0.4, 0.5) is 0 Å². The Morgan fingerprint density at radius 2 is 1.50 bits per heavy atom. The maximum Gasteiger partial charge on any atom is 0.0499 e. The van der Waals surface area contributed by atoms with Gasteiger partial charge in [0, 0.05) is 16.3 Å². The van der Waals surface area contributed by atoms with Crippen LogP contribution in [-0.2, 0) is 12.8 Å². The van der Waals surface area contributed by atoms with E-state index >= 15 is 0 Å². The molecular formula is C26H26ClN. The molecule has 0 fully saturated rings. The van der Waals surface area contributed by atoms with Crippen LogP contribution in [-0.4, -0.2) is 0 Å². The molecule has 2 N–H and O–H groups in total. The monoisotopic (exact) mass is 387 g/mol. The minimum atomic E-state index is 0.664. The summed E-state index contributed by atoms with van der Waals surface area (Å²) in [5, 5.41) is 0.664. The van der Waals surface area contributed by atoms with Crippen molar-refractivity contribution in [3.63, 3.8) is 0 Å². The van der Waals surface area contributed by atoms with Crippen molar-refractivity contribution in [2.75, 3.05) is 0 Å². The molecule has 0 aliphatic heterocycles. The highest BCUT2D eigenvalue weighted by atomic mass is 35.5. The van der Waals surface area contributed by atoms with Crippen LogP contribution in [0.1, 0.15) is 35.6 Å². The van der Waals surface area contributed by atoms with Crippen LogP contribution in [0, 0.1) is 0 Å². The Morgan fingerprint density at radius 3 is 2.21 bits per heavy atom. The zero-order chi connectivity index (χ0) is 19.8. The van der Waals surface area contributed by atoms with Crippen molar-refractivity contribution < 1.29 is 0 Å². The first-order chi connectivity index (χ1) is 13.7. The van der Waals surface area contributed by atoms with Gasteiger partial charge in [-0.15, -0.1) is 0 Å². The van der Waals surface area contributed by atoms with Crippen molar-refractivity contribution in [2.45, 2.75) is 26.2 Å². The number of halogens is 1. The summed E-state index contributed by atoms with van der Waals surface area (Å²) in [5.74, 6) is 0. The van der Waals surface area contributed by atoms with Gasteiger partial charge in [0.1, 0.15) is 0 Å². The fourth-order valence-corrected chi connectivity index (χ4v) is 3.57. The minimum absolute atomic E-state index is 0.664. The van der Waals surface area contributed by atoms with Crippen LogP contribution in [0.25, 0.3) is 11.3 Å². The summed E-state index contributed by atoms with van der Waals surface area (Å²) in [5.41, 5.74) is 13.0. The average Bonchev–Trinajstić information content (AvgIpc) is 2.73. The summed E-state index contributed by atoms with van der Waals surface area (Å²) in [6, 6.07) is 26.7. The quantitative estimate of drug-likeness (QED) is 0.437. The first-order valence-electron chi connectivity index (χ1n) is 9.73. The van der Waals surface area contributed by atoms with Crippen LogP contribution >= 0.6 is 11.6 Å². The number of hydrogen-bond acceptors (Lipinski definition) is 1. The molecule has 0 saturated carbocycles. The summed E-state index contributed by atoms with van der Waals surface area (Å²) in [7, 11) is 0. The highest BCUT2D eigenvalue weighted by Crippen LogP contribution is 2.25. The molecule has 0 saturated heterocycles. The highest BCUT2D eigenvalue weighted by molar-refractivity contribution is 6.32. The summed E-state index contributed by atoms with van der Waals surface area (Å²) in [6.07, 6.45) is 7.40. The first kappa shape index (κ1) is 20.0. The Morgan fingerprint density at radius 1 is 0.857 bits per heavy atom. The van der Waals surface area contributed by atoms with Gasteiger partial charge in [-0.05, 0) is 47.2 Å². The second-order valence-electron chi connectivity index (χ2n) is 6.83. The van der Waals surface area contributed by atoms with E-state index in [0.717, 1.165) is 36.0 Å². The third-order valence-electron chi connectivity index (χ3n) is 4.78. The molecule has 0 spiro atoms. The van der Waals surface area contributed by atoms with Crippen LogP contribution < -0.4 is 5.73 Å². The Kier molecular flexibility index (Phi) is 7.11. The fraction of sp³-hybridized carbons (Fsp3) is 0.154. The minimum Gasteiger partial charge on any atom is -0.398 e. The normalized spacial score (nSPS) is 12.2. The van der Waals surface area contributed by atoms with E-state index in [0.29, 0.717) is 10.7 Å². The van der Waals surface area contributed by atoms with Crippen molar-refractivity contribution in [3.8, 4) is 0 Å². The number of benzene rings is 3. The van der Waals surface area contributed by atoms with Gasteiger partial charge in [-0.25, -0.2) is 0 Å². The van der Waals surface area contributed by atoms with Gasteiger partial charge < -0.3 is 5.73 Å². The lowest BCUT2D eigenvalue weighted by Gasteiger charge is -2.10. The van der Waals surface area contributed by atoms with E-state index < -0.39 is 0 Å². The van der Waals surface area contributed by atoms with E-state index in [1.165, 1.54) is 11.1 Å². The van der Waals surface area contributed by atoms with Crippen LogP contribution in [0.5, 0.6) is 0 Å². The lowest BCUT2D eigenvalue weighted by Crippen LogP contribution is -1.98. The fourth-order valence-electron chi connectivity index (χ4n) is 3.32. The first-order valence-corrected chi connectivity index (χ1v) is 10.1. The van der Waals surface area contributed by atoms with Crippen molar-refractivity contribution in [1.29, 1.82) is 0 Å². The number of aryl methyl sites for hydroxylation is 1. The van der Waals surface area contributed by atoms with Gasteiger partial charge in [-0.1, -0.05) is 104 Å². The molecule has 2 heteroatoms. The maximum atomic E-state index is 6.42. The SMILES string of the molecule is CCCc1ccccc1C/C=C(\C=C(/N)c1ccccc1Cl)c1ccccc1. The smallest absolute Gasteiger partial charge is 0.0499 e. The number of nitrogens with two attached hydrogens (primary N) is 1. The average molecular weight is 388 g/mol. The zero-order valence-corrected chi connectivity index (χ0v) is 17.0. The predicted molar refractivity (Wildman–Crippen MR) is 122 cm³/mol. The molecule has 1 nitrogen and oxygen atoms in total. The van der Waals surface area contributed by atoms with Crippen molar-refractivity contribution >= 4 is 22.9 Å². The number of hydrogen-bond donors (Lipinski definition) is 1. The summed E-state index contributed by atoms with van der Waals surface area (Å²) in [4.78, 5) is 0. The van der Waals surface area contributed by atoms with E-state index in [1.54, 1.807) is 0 Å². The molecule has 3 aromatic rings. The van der Waals surface area contributed by atoms with Gasteiger partial charge in [0.2, 0.25) is 0 Å². The Bertz CT molecular complexity index is 970. The molecule has 0 amide bonds. The molecule has 0 bridgehead atoms. The molecule has 142 valence electrons. The summed E-state index contributed by atoms with van der Waals surface area (Å²) >= 11 is 6.34. The highest BCUT2D eigenvalue weighted by Gasteiger charge is 2.06. The molecule has 0 atom stereocenters. The second kappa shape index (κ2) is 9.96. The van der Waals surface area contributed by atoms with Gasteiger partial charge >= 0.3 is 0 Å². The standard InChI is InChI=1S/C26H26ClN/c1-2-10-20-13-6-7-14-22(20)17-18-23(21-11-4-3-5-12-21)19-26(28)24-15-8-9-16-25(24)27/h3-9,11-16,18-19H,2,10,17,28H2,1H3/b23-18+,26-19-. The third kappa shape index (κ3) is 5.15. The van der Waals surface area contributed by atoms with Gasteiger partial charge in [-0.3, -0.25) is 0 Å². The molecule has 0 aliphatic carbocycles. The Balaban J connectivity index is 1.98. The van der Waals surface area contributed by atoms with Gasteiger partial charge in [0.25, 0.3) is 0 Å². The Labute approximate surface area is 173 Å². The third-order valence-corrected chi connectivity index (χ3v) is 5.11. The van der Waals surface area contributed by atoms with Gasteiger partial charge in [0.15, 0.2) is 0 Å². The molecule has 28 heavy (non-hydrogen) atoms. The van der Waals surface area contributed by atoms with E-state index in [9.17, 15) is 0 Å². The molecule has 0 aliphatic rings. The molecule has 3 rings (SSSR count). The van der Waals surface area contributed by atoms with Crippen LogP contribution in [0.15, 0.2) is 91.0 Å². The van der Waals surface area contributed by atoms with Crippen molar-refractivity contribution in [2.24, 2.45) is 5.73 Å². The van der Waals surface area contributed by atoms with Crippen LogP contribution in [0.2, 0.25) is 5.02 Å². The number of rotatable bonds is 7. The lowest BCUT2D eigenvalue weighted by molar-refractivity contribution is 0.906. The largest absolute Gasteiger partial charge is 0.398 e. The summed E-state index contributed by atoms with van der Waals surface area (Å²) in [6.45, 7) is 2.22. The number of allylic oxidation sites excluding steroid dienone is 3. The molecule has 0 aromatic heterocycles. The zero-order valence-electron chi connectivity index (χ0n) is 16.2. The van der Waals surface area contributed by atoms with Gasteiger partial charge in [0.05, 0.1) is 0 Å². The predicted octanol–water partition coefficient (Wildman–Crippen LogP) is 6.92. The van der Waals surface area contributed by atoms with E-state index in [-0.39, 0.29) is 0 Å². The molecule has 0 unspecified atom stereocenters. The van der Waals surface area contributed by atoms with Crippen molar-refractivity contribution in [1.82, 2.24) is 0 Å². The van der Waals surface area contributed by atoms with E-state index in [2.05, 4.69) is 49.4 Å². The van der Waals surface area contributed by atoms with Gasteiger partial charge in [-0.2, -0.15) is 0 Å². The molecule has 3 aromatic carbocycles. The van der Waals surface area contributed by atoms with E-state index in [4.69, 9.17) is 17.3 Å². The Hall–Kier alpha value is -2.77. The maximum absolute atomic E-state index is 6.42. The topological polar surface area (TPSA) is 26.0 Å². The molecule has 0 radical (unpaired) electrons. The second-order valence-corrected chi connectivity index (χ2v) is 7.24. The van der Waals surface area contributed by atoms with Crippen molar-refractivity contribution in [3.05, 3.63) is 118 Å². The lowest BCUT2D eigenvalue weighted by atomic mass is 9.97. The molecular weight excluding hydrogens is 362 g/mol. The molecule has 0 heterocycles.